The van der Waals surface area contributed by atoms with Crippen molar-refractivity contribution in [3.8, 4) is 0 Å². The van der Waals surface area contributed by atoms with Gasteiger partial charge in [0.15, 0.2) is 0 Å². The predicted octanol–water partition coefficient (Wildman–Crippen LogP) is 2.83. The van der Waals surface area contributed by atoms with E-state index in [0.29, 0.717) is 18.8 Å². The third-order valence-electron chi connectivity index (χ3n) is 3.63. The minimum atomic E-state index is -0.587. The van der Waals surface area contributed by atoms with Crippen molar-refractivity contribution >= 4 is 5.78 Å². The van der Waals surface area contributed by atoms with Crippen LogP contribution in [0.1, 0.15) is 52.4 Å². The molecule has 0 aromatic carbocycles. The molecule has 0 aliphatic heterocycles. The zero-order valence-electron chi connectivity index (χ0n) is 10.1. The Morgan fingerprint density at radius 2 is 2.25 bits per heavy atom. The number of nitrogens with zero attached hydrogens (tertiary/aromatic N) is 1. The molecule has 1 rings (SSSR count). The Balaban J connectivity index is 2.52. The van der Waals surface area contributed by atoms with Crippen molar-refractivity contribution in [2.75, 3.05) is 0 Å². The Labute approximate surface area is 96.6 Å². The van der Waals surface area contributed by atoms with Gasteiger partial charge in [0.25, 0.3) is 0 Å². The molecule has 0 bridgehead atoms. The highest BCUT2D eigenvalue weighted by molar-refractivity contribution is 5.83. The van der Waals surface area contributed by atoms with Crippen LogP contribution in [-0.2, 0) is 4.79 Å². The molecule has 0 radical (unpaired) electrons. The summed E-state index contributed by atoms with van der Waals surface area (Å²) in [4.78, 5) is 22.0. The predicted molar refractivity (Wildman–Crippen MR) is 61.8 cm³/mol. The molecule has 16 heavy (non-hydrogen) atoms. The van der Waals surface area contributed by atoms with Gasteiger partial charge in [0.1, 0.15) is 5.78 Å². The van der Waals surface area contributed by atoms with Gasteiger partial charge in [-0.2, -0.15) is 0 Å². The molecule has 1 saturated carbocycles. The summed E-state index contributed by atoms with van der Waals surface area (Å²) in [5.74, 6) is 0.594. The molecule has 92 valence electrons. The molecule has 0 heterocycles. The summed E-state index contributed by atoms with van der Waals surface area (Å²) < 4.78 is 0. The minimum absolute atomic E-state index is 0.0491. The smallest absolute Gasteiger partial charge is 0.211 e. The normalized spacial score (nSPS) is 27.0. The summed E-state index contributed by atoms with van der Waals surface area (Å²) in [6.45, 7) is 3.73. The Morgan fingerprint density at radius 1 is 1.56 bits per heavy atom. The molecule has 1 aliphatic rings. The highest BCUT2D eigenvalue weighted by Crippen LogP contribution is 2.35. The van der Waals surface area contributed by atoms with Gasteiger partial charge in [-0.1, -0.05) is 19.8 Å². The fourth-order valence-electron chi connectivity index (χ4n) is 2.57. The van der Waals surface area contributed by atoms with Crippen LogP contribution in [0, 0.1) is 22.0 Å². The van der Waals surface area contributed by atoms with E-state index < -0.39 is 6.04 Å². The first-order chi connectivity index (χ1) is 7.56. The topological polar surface area (TPSA) is 60.2 Å². The molecule has 0 amide bonds. The standard InChI is InChI=1S/C12H21NO3/c1-3-4-5-10-6-7-12(14)11(10)8-9(2)13(15)16/h9-11H,3-8H2,1-2H3. The van der Waals surface area contributed by atoms with Crippen molar-refractivity contribution in [2.45, 2.75) is 58.4 Å². The highest BCUT2D eigenvalue weighted by atomic mass is 16.6. The first-order valence-electron chi connectivity index (χ1n) is 6.22. The number of hydrogen-bond acceptors (Lipinski definition) is 3. The quantitative estimate of drug-likeness (QED) is 0.518. The molecule has 0 saturated heterocycles. The van der Waals surface area contributed by atoms with Crippen LogP contribution in [0.15, 0.2) is 0 Å². The Bertz CT molecular complexity index is 265. The maximum absolute atomic E-state index is 11.7. The number of carbonyl (C=O) groups excluding carboxylic acids is 1. The van der Waals surface area contributed by atoms with Gasteiger partial charge in [0, 0.05) is 30.6 Å². The van der Waals surface area contributed by atoms with Crippen molar-refractivity contribution < 1.29 is 9.72 Å². The minimum Gasteiger partial charge on any atom is -0.299 e. The molecule has 3 atom stereocenters. The zero-order valence-corrected chi connectivity index (χ0v) is 10.1. The van der Waals surface area contributed by atoms with E-state index in [-0.39, 0.29) is 16.6 Å². The third-order valence-corrected chi connectivity index (χ3v) is 3.63. The molecule has 4 heteroatoms. The number of rotatable bonds is 6. The third kappa shape index (κ3) is 3.29. The first-order valence-corrected chi connectivity index (χ1v) is 6.22. The number of Topliss-reactive ketones (excluding diaryl/α,β-unsaturated/α-hetero) is 1. The maximum atomic E-state index is 11.7. The molecule has 0 aromatic rings. The second-order valence-corrected chi connectivity index (χ2v) is 4.88. The second kappa shape index (κ2) is 5.97. The molecular formula is C12H21NO3. The van der Waals surface area contributed by atoms with Gasteiger partial charge in [-0.3, -0.25) is 14.9 Å². The lowest BCUT2D eigenvalue weighted by atomic mass is 9.86. The average Bonchev–Trinajstić information content (AvgIpc) is 2.57. The maximum Gasteiger partial charge on any atom is 0.211 e. The summed E-state index contributed by atoms with van der Waals surface area (Å²) in [6.07, 6.45) is 5.30. The van der Waals surface area contributed by atoms with E-state index >= 15 is 0 Å². The molecule has 4 nitrogen and oxygen atoms in total. The van der Waals surface area contributed by atoms with Crippen LogP contribution >= 0.6 is 0 Å². The van der Waals surface area contributed by atoms with Crippen LogP contribution < -0.4 is 0 Å². The van der Waals surface area contributed by atoms with Crippen LogP contribution in [0.4, 0.5) is 0 Å². The van der Waals surface area contributed by atoms with Gasteiger partial charge in [-0.15, -0.1) is 0 Å². The Kier molecular flexibility index (Phi) is 4.90. The van der Waals surface area contributed by atoms with Crippen LogP contribution in [0.5, 0.6) is 0 Å². The van der Waals surface area contributed by atoms with Crippen molar-refractivity contribution in [3.63, 3.8) is 0 Å². The average molecular weight is 227 g/mol. The van der Waals surface area contributed by atoms with Gasteiger partial charge in [0.2, 0.25) is 6.04 Å². The van der Waals surface area contributed by atoms with Gasteiger partial charge in [-0.25, -0.2) is 0 Å². The summed E-state index contributed by atoms with van der Waals surface area (Å²) in [5, 5.41) is 10.6. The zero-order chi connectivity index (χ0) is 12.1. The van der Waals surface area contributed by atoms with E-state index in [9.17, 15) is 14.9 Å². The molecule has 0 N–H and O–H groups in total. The lowest BCUT2D eigenvalue weighted by Crippen LogP contribution is -2.25. The molecule has 3 unspecified atom stereocenters. The highest BCUT2D eigenvalue weighted by Gasteiger charge is 2.36. The summed E-state index contributed by atoms with van der Waals surface area (Å²) >= 11 is 0. The SMILES string of the molecule is CCCCC1CCC(=O)C1CC(C)[N+](=O)[O-]. The molecular weight excluding hydrogens is 206 g/mol. The number of nitro groups is 1. The van der Waals surface area contributed by atoms with Crippen molar-refractivity contribution in [1.82, 2.24) is 0 Å². The fraction of sp³-hybridized carbons (Fsp3) is 0.917. The number of carbonyl (C=O) groups is 1. The van der Waals surface area contributed by atoms with E-state index in [1.807, 2.05) is 0 Å². The summed E-state index contributed by atoms with van der Waals surface area (Å²) in [6, 6.07) is -0.587. The van der Waals surface area contributed by atoms with Crippen LogP contribution in [0.3, 0.4) is 0 Å². The molecule has 0 spiro atoms. The van der Waals surface area contributed by atoms with Crippen LogP contribution in [-0.4, -0.2) is 16.7 Å². The Morgan fingerprint density at radius 3 is 2.81 bits per heavy atom. The number of unbranched alkanes of at least 4 members (excludes halogenated alkanes) is 1. The second-order valence-electron chi connectivity index (χ2n) is 4.88. The van der Waals surface area contributed by atoms with Crippen molar-refractivity contribution in [1.29, 1.82) is 0 Å². The van der Waals surface area contributed by atoms with Crippen molar-refractivity contribution in [2.24, 2.45) is 11.8 Å². The lowest BCUT2D eigenvalue weighted by Gasteiger charge is -2.18. The van der Waals surface area contributed by atoms with E-state index in [1.54, 1.807) is 6.92 Å². The summed E-state index contributed by atoms with van der Waals surface area (Å²) in [5.41, 5.74) is 0. The van der Waals surface area contributed by atoms with Crippen molar-refractivity contribution in [3.05, 3.63) is 10.1 Å². The number of hydrogen-bond donors (Lipinski definition) is 0. The molecule has 1 aliphatic carbocycles. The fourth-order valence-corrected chi connectivity index (χ4v) is 2.57. The van der Waals surface area contributed by atoms with E-state index in [2.05, 4.69) is 6.92 Å². The largest absolute Gasteiger partial charge is 0.299 e. The first kappa shape index (κ1) is 13.1. The van der Waals surface area contributed by atoms with Gasteiger partial charge >= 0.3 is 0 Å². The van der Waals surface area contributed by atoms with E-state index in [4.69, 9.17) is 0 Å². The monoisotopic (exact) mass is 227 g/mol. The van der Waals surface area contributed by atoms with E-state index in [1.165, 1.54) is 0 Å². The van der Waals surface area contributed by atoms with Gasteiger partial charge in [0.05, 0.1) is 0 Å². The van der Waals surface area contributed by atoms with Crippen LogP contribution in [0.2, 0.25) is 0 Å². The van der Waals surface area contributed by atoms with Gasteiger partial charge in [-0.05, 0) is 18.8 Å². The van der Waals surface area contributed by atoms with E-state index in [0.717, 1.165) is 25.7 Å². The lowest BCUT2D eigenvalue weighted by molar-refractivity contribution is -0.520. The van der Waals surface area contributed by atoms with Gasteiger partial charge < -0.3 is 0 Å². The molecule has 0 aromatic heterocycles. The number of ketones is 1. The summed E-state index contributed by atoms with van der Waals surface area (Å²) in [7, 11) is 0. The Hall–Kier alpha value is -0.930. The molecule has 1 fully saturated rings. The van der Waals surface area contributed by atoms with Crippen LogP contribution in [0.25, 0.3) is 0 Å².